The van der Waals surface area contributed by atoms with Crippen LogP contribution in [0.25, 0.3) is 0 Å². The molecule has 1 aromatic heterocycles. The van der Waals surface area contributed by atoms with Crippen molar-refractivity contribution in [3.8, 4) is 6.07 Å². The number of aryl methyl sites for hydroxylation is 1. The molecule has 6 nitrogen and oxygen atoms in total. The van der Waals surface area contributed by atoms with Gasteiger partial charge in [-0.1, -0.05) is 0 Å². The van der Waals surface area contributed by atoms with Crippen LogP contribution in [-0.2, 0) is 24.3 Å². The molecule has 1 aromatic carbocycles. The smallest absolute Gasteiger partial charge is 0.176 e. The molecule has 0 bridgehead atoms. The van der Waals surface area contributed by atoms with E-state index in [0.717, 1.165) is 18.0 Å². The minimum absolute atomic E-state index is 0.0445. The highest BCUT2D eigenvalue weighted by Crippen LogP contribution is 2.24. The van der Waals surface area contributed by atoms with E-state index in [1.807, 2.05) is 0 Å². The van der Waals surface area contributed by atoms with Gasteiger partial charge in [-0.25, -0.2) is 18.4 Å². The van der Waals surface area contributed by atoms with E-state index in [1.165, 1.54) is 0 Å². The van der Waals surface area contributed by atoms with Crippen molar-refractivity contribution in [1.29, 1.82) is 5.26 Å². The molecule has 2 aromatic rings. The number of nitriles is 1. The first-order valence-corrected chi connectivity index (χ1v) is 7.18. The highest BCUT2D eigenvalue weighted by atomic mass is 19.1. The summed E-state index contributed by atoms with van der Waals surface area (Å²) in [5.41, 5.74) is -0.258. The number of methoxy groups -OCH3 is 1. The second-order valence-electron chi connectivity index (χ2n) is 5.37. The number of anilines is 1. The fourth-order valence-electron chi connectivity index (χ4n) is 2.65. The standard InChI is InChI=1S/C15H15F2N5O/c1-23-8-13-20-14-3-2-10(7-22(14)21-13)19-15-11(16)4-9(6-18)5-12(15)17/h4-5,10,19H,2-3,7-8H2,1H3. The molecule has 120 valence electrons. The Hall–Kier alpha value is -2.53. The van der Waals surface area contributed by atoms with Crippen molar-refractivity contribution in [2.75, 3.05) is 12.4 Å². The molecule has 1 aliphatic rings. The molecule has 0 fully saturated rings. The van der Waals surface area contributed by atoms with Gasteiger partial charge in [0.2, 0.25) is 0 Å². The van der Waals surface area contributed by atoms with Gasteiger partial charge in [-0.05, 0) is 18.6 Å². The lowest BCUT2D eigenvalue weighted by atomic mass is 10.1. The molecule has 1 unspecified atom stereocenters. The number of hydrogen-bond donors (Lipinski definition) is 1. The molecule has 23 heavy (non-hydrogen) atoms. The van der Waals surface area contributed by atoms with Gasteiger partial charge < -0.3 is 10.1 Å². The third-order valence-corrected chi connectivity index (χ3v) is 3.70. The second-order valence-corrected chi connectivity index (χ2v) is 5.37. The zero-order chi connectivity index (χ0) is 16.4. The Balaban J connectivity index is 1.76. The van der Waals surface area contributed by atoms with E-state index in [4.69, 9.17) is 10.00 Å². The summed E-state index contributed by atoms with van der Waals surface area (Å²) in [7, 11) is 1.57. The monoisotopic (exact) mass is 319 g/mol. The molecule has 0 amide bonds. The molecule has 1 aliphatic heterocycles. The zero-order valence-corrected chi connectivity index (χ0v) is 12.5. The topological polar surface area (TPSA) is 75.8 Å². The molecular weight excluding hydrogens is 304 g/mol. The van der Waals surface area contributed by atoms with Crippen LogP contribution < -0.4 is 5.32 Å². The van der Waals surface area contributed by atoms with Gasteiger partial charge >= 0.3 is 0 Å². The van der Waals surface area contributed by atoms with E-state index in [9.17, 15) is 8.78 Å². The van der Waals surface area contributed by atoms with Gasteiger partial charge in [0.25, 0.3) is 0 Å². The number of aromatic nitrogens is 3. The highest BCUT2D eigenvalue weighted by molar-refractivity contribution is 5.51. The Kier molecular flexibility index (Phi) is 4.21. The molecule has 8 heteroatoms. The van der Waals surface area contributed by atoms with Gasteiger partial charge in [-0.15, -0.1) is 0 Å². The number of nitrogens with zero attached hydrogens (tertiary/aromatic N) is 4. The minimum atomic E-state index is -0.772. The number of rotatable bonds is 4. The van der Waals surface area contributed by atoms with Crippen molar-refractivity contribution in [3.63, 3.8) is 0 Å². The average Bonchev–Trinajstić information content (AvgIpc) is 2.92. The van der Waals surface area contributed by atoms with Crippen LogP contribution in [0.3, 0.4) is 0 Å². The Morgan fingerprint density at radius 2 is 2.17 bits per heavy atom. The first kappa shape index (κ1) is 15.4. The van der Waals surface area contributed by atoms with E-state index in [0.29, 0.717) is 31.8 Å². The maximum Gasteiger partial charge on any atom is 0.176 e. The number of fused-ring (bicyclic) bond motifs is 1. The molecule has 0 radical (unpaired) electrons. The van der Waals surface area contributed by atoms with Crippen molar-refractivity contribution in [3.05, 3.63) is 41.0 Å². The van der Waals surface area contributed by atoms with Gasteiger partial charge in [0.15, 0.2) is 17.5 Å². The summed E-state index contributed by atoms with van der Waals surface area (Å²) in [5, 5.41) is 15.9. The summed E-state index contributed by atoms with van der Waals surface area (Å²) >= 11 is 0. The summed E-state index contributed by atoms with van der Waals surface area (Å²) in [5.74, 6) is -0.105. The van der Waals surface area contributed by atoms with Crippen LogP contribution in [0.1, 0.15) is 23.6 Å². The fraction of sp³-hybridized carbons (Fsp3) is 0.400. The van der Waals surface area contributed by atoms with Crippen LogP contribution in [0.2, 0.25) is 0 Å². The number of halogens is 2. The fourth-order valence-corrected chi connectivity index (χ4v) is 2.65. The number of hydrogen-bond acceptors (Lipinski definition) is 5. The quantitative estimate of drug-likeness (QED) is 0.933. The predicted octanol–water partition coefficient (Wildman–Crippen LogP) is 2.00. The molecule has 0 saturated carbocycles. The van der Waals surface area contributed by atoms with Crippen LogP contribution in [0.15, 0.2) is 12.1 Å². The van der Waals surface area contributed by atoms with Crippen LogP contribution in [-0.4, -0.2) is 27.9 Å². The van der Waals surface area contributed by atoms with E-state index in [1.54, 1.807) is 17.9 Å². The lowest BCUT2D eigenvalue weighted by Crippen LogP contribution is -2.32. The van der Waals surface area contributed by atoms with Gasteiger partial charge in [0.1, 0.15) is 18.1 Å². The molecule has 2 heterocycles. The number of ether oxygens (including phenoxy) is 1. The summed E-state index contributed by atoms with van der Waals surface area (Å²) in [6.07, 6.45) is 1.35. The first-order chi connectivity index (χ1) is 11.1. The van der Waals surface area contributed by atoms with Crippen molar-refractivity contribution >= 4 is 5.69 Å². The summed E-state index contributed by atoms with van der Waals surface area (Å²) in [4.78, 5) is 4.35. The van der Waals surface area contributed by atoms with Gasteiger partial charge in [0, 0.05) is 19.6 Å². The minimum Gasteiger partial charge on any atom is -0.377 e. The van der Waals surface area contributed by atoms with E-state index < -0.39 is 11.6 Å². The van der Waals surface area contributed by atoms with Crippen LogP contribution in [0.5, 0.6) is 0 Å². The number of nitrogens with one attached hydrogen (secondary N) is 1. The zero-order valence-electron chi connectivity index (χ0n) is 12.5. The van der Waals surface area contributed by atoms with Crippen LogP contribution >= 0.6 is 0 Å². The lowest BCUT2D eigenvalue weighted by Gasteiger charge is -2.24. The van der Waals surface area contributed by atoms with Gasteiger partial charge in [0.05, 0.1) is 18.2 Å². The van der Waals surface area contributed by atoms with Gasteiger partial charge in [-0.3, -0.25) is 0 Å². The van der Waals surface area contributed by atoms with Crippen LogP contribution in [0.4, 0.5) is 14.5 Å². The third-order valence-electron chi connectivity index (χ3n) is 3.70. The Labute approximate surface area is 131 Å². The maximum absolute atomic E-state index is 13.9. The predicted molar refractivity (Wildman–Crippen MR) is 77.5 cm³/mol. The maximum atomic E-state index is 13.9. The third kappa shape index (κ3) is 3.14. The molecular formula is C15H15F2N5O. The van der Waals surface area contributed by atoms with Gasteiger partial charge in [-0.2, -0.15) is 10.4 Å². The summed E-state index contributed by atoms with van der Waals surface area (Å²) in [6.45, 7) is 0.794. The Bertz CT molecular complexity index is 745. The average molecular weight is 319 g/mol. The van der Waals surface area contributed by atoms with Crippen molar-refractivity contribution < 1.29 is 13.5 Å². The Morgan fingerprint density at radius 1 is 1.43 bits per heavy atom. The van der Waals surface area contributed by atoms with Crippen LogP contribution in [0, 0.1) is 23.0 Å². The summed E-state index contributed by atoms with van der Waals surface area (Å²) in [6, 6.07) is 3.59. The largest absolute Gasteiger partial charge is 0.377 e. The normalized spacial score (nSPS) is 16.7. The van der Waals surface area contributed by atoms with Crippen molar-refractivity contribution in [2.24, 2.45) is 0 Å². The molecule has 1 N–H and O–H groups in total. The van der Waals surface area contributed by atoms with Crippen molar-refractivity contribution in [2.45, 2.75) is 32.0 Å². The van der Waals surface area contributed by atoms with E-state index >= 15 is 0 Å². The molecule has 0 aliphatic carbocycles. The molecule has 0 saturated heterocycles. The Morgan fingerprint density at radius 3 is 2.83 bits per heavy atom. The SMILES string of the molecule is COCc1nc2n(n1)CC(Nc1c(F)cc(C#N)cc1F)CC2. The second kappa shape index (κ2) is 6.30. The van der Waals surface area contributed by atoms with Crippen molar-refractivity contribution in [1.82, 2.24) is 14.8 Å². The molecule has 1 atom stereocenters. The highest BCUT2D eigenvalue weighted by Gasteiger charge is 2.23. The van der Waals surface area contributed by atoms with E-state index in [2.05, 4.69) is 15.4 Å². The molecule has 3 rings (SSSR count). The van der Waals surface area contributed by atoms with E-state index in [-0.39, 0.29) is 17.3 Å². The lowest BCUT2D eigenvalue weighted by molar-refractivity contribution is 0.177. The summed E-state index contributed by atoms with van der Waals surface area (Å²) < 4.78 is 34.6. The number of benzene rings is 1. The first-order valence-electron chi connectivity index (χ1n) is 7.18. The molecule has 0 spiro atoms.